The predicted molar refractivity (Wildman–Crippen MR) is 97.4 cm³/mol. The fraction of sp³-hybridized carbons (Fsp3) is 0.762. The molecule has 4 nitrogen and oxygen atoms in total. The topological polar surface area (TPSA) is 52.6 Å². The van der Waals surface area contributed by atoms with Crippen LogP contribution in [0.1, 0.15) is 59.3 Å². The first kappa shape index (κ1) is 17.5. The third kappa shape index (κ3) is 2.12. The van der Waals surface area contributed by atoms with Crippen molar-refractivity contribution >= 4 is 20.3 Å². The third-order valence-electron chi connectivity index (χ3n) is 8.50. The minimum atomic E-state index is -2.55. The average molecular weight is 423 g/mol. The van der Waals surface area contributed by atoms with Gasteiger partial charge in [-0.05, 0) is 0 Å². The molecular formula is C21H28O4Se. The monoisotopic (exact) mass is 424 g/mol. The average Bonchev–Trinajstić information content (AvgIpc) is 3.09. The molecule has 8 atom stereocenters. The Morgan fingerprint density at radius 2 is 1.92 bits per heavy atom. The van der Waals surface area contributed by atoms with Crippen LogP contribution in [0.2, 0.25) is 0 Å². The van der Waals surface area contributed by atoms with Gasteiger partial charge in [-0.25, -0.2) is 0 Å². The summed E-state index contributed by atoms with van der Waals surface area (Å²) in [5.74, 6) is 2.01. The molecule has 4 aliphatic carbocycles. The number of hydrogen-bond donors (Lipinski definition) is 0. The van der Waals surface area contributed by atoms with E-state index < -0.39 is 14.5 Å². The van der Waals surface area contributed by atoms with Gasteiger partial charge in [-0.3, -0.25) is 0 Å². The van der Waals surface area contributed by atoms with E-state index in [9.17, 15) is 8.63 Å². The maximum atomic E-state index is 12.6. The summed E-state index contributed by atoms with van der Waals surface area (Å²) in [7, 11) is 0. The number of carbonyl (C=O) groups excluding carboxylic acids is 1. The molecule has 26 heavy (non-hydrogen) atoms. The molecule has 3 saturated carbocycles. The normalized spacial score (nSPS) is 54.3. The van der Waals surface area contributed by atoms with Crippen molar-refractivity contribution in [3.8, 4) is 0 Å². The van der Waals surface area contributed by atoms with Gasteiger partial charge in [-0.1, -0.05) is 0 Å². The summed E-state index contributed by atoms with van der Waals surface area (Å²) in [5.41, 5.74) is 2.59. The Kier molecular flexibility index (Phi) is 3.83. The molecule has 4 fully saturated rings. The zero-order valence-electron chi connectivity index (χ0n) is 15.8. The van der Waals surface area contributed by atoms with E-state index in [1.165, 1.54) is 12.0 Å². The van der Waals surface area contributed by atoms with Crippen molar-refractivity contribution in [3.05, 3.63) is 23.3 Å². The van der Waals surface area contributed by atoms with Crippen LogP contribution >= 0.6 is 0 Å². The first-order chi connectivity index (χ1) is 12.4. The standard InChI is InChI=1S/C21H28O4Se/c1-4-13-17(22)11-16-12-5-6-15-19-18(24-26(23)25-19)8-10-21(15,3)14(12)7-9-20(13,16)2/h4,6,12,14,16,18-19H,5,7-11H2,1-3H3/t12?,14?,16?,18-,19+,20+,21+,26?/m0/s1. The van der Waals surface area contributed by atoms with Crippen LogP contribution in [0.25, 0.3) is 0 Å². The summed E-state index contributed by atoms with van der Waals surface area (Å²) in [6.07, 6.45) is 10.4. The van der Waals surface area contributed by atoms with Crippen molar-refractivity contribution in [2.75, 3.05) is 0 Å². The molecule has 5 heteroatoms. The Morgan fingerprint density at radius 3 is 2.69 bits per heavy atom. The fourth-order valence-electron chi connectivity index (χ4n) is 7.25. The van der Waals surface area contributed by atoms with Gasteiger partial charge >= 0.3 is 160 Å². The van der Waals surface area contributed by atoms with Gasteiger partial charge < -0.3 is 0 Å². The van der Waals surface area contributed by atoms with E-state index in [0.29, 0.717) is 23.5 Å². The van der Waals surface area contributed by atoms with Crippen molar-refractivity contribution in [2.45, 2.75) is 71.5 Å². The summed E-state index contributed by atoms with van der Waals surface area (Å²) in [5, 5.41) is 0. The minimum absolute atomic E-state index is 0.00934. The second-order valence-electron chi connectivity index (χ2n) is 9.37. The van der Waals surface area contributed by atoms with Gasteiger partial charge in [0.1, 0.15) is 0 Å². The van der Waals surface area contributed by atoms with Crippen molar-refractivity contribution in [1.29, 1.82) is 0 Å². The van der Waals surface area contributed by atoms with Crippen LogP contribution in [0.3, 0.4) is 0 Å². The Hall–Kier alpha value is -0.611. The number of fused-ring (bicyclic) bond motifs is 7. The predicted octanol–water partition coefficient (Wildman–Crippen LogP) is 3.88. The van der Waals surface area contributed by atoms with Crippen molar-refractivity contribution < 1.29 is 16.3 Å². The Labute approximate surface area is 160 Å². The van der Waals surface area contributed by atoms with Crippen LogP contribution in [-0.2, 0) is 16.3 Å². The molecule has 5 rings (SSSR count). The number of rotatable bonds is 0. The molecular weight excluding hydrogens is 395 g/mol. The molecule has 1 saturated heterocycles. The van der Waals surface area contributed by atoms with Crippen LogP contribution in [0.4, 0.5) is 0 Å². The molecule has 1 aliphatic heterocycles. The fourth-order valence-corrected chi connectivity index (χ4v) is 9.02. The molecule has 142 valence electrons. The molecule has 0 aromatic heterocycles. The van der Waals surface area contributed by atoms with Crippen LogP contribution in [0.5, 0.6) is 0 Å². The molecule has 5 aliphatic rings. The second-order valence-corrected chi connectivity index (χ2v) is 11.0. The molecule has 0 aromatic carbocycles. The zero-order valence-corrected chi connectivity index (χ0v) is 17.5. The number of ketones is 1. The third-order valence-corrected chi connectivity index (χ3v) is 10.1. The Morgan fingerprint density at radius 1 is 1.15 bits per heavy atom. The quantitative estimate of drug-likeness (QED) is 0.337. The van der Waals surface area contributed by atoms with E-state index in [2.05, 4.69) is 26.0 Å². The summed E-state index contributed by atoms with van der Waals surface area (Å²) >= 11 is -2.55. The van der Waals surface area contributed by atoms with Crippen LogP contribution in [0.15, 0.2) is 23.3 Å². The SMILES string of the molecule is CC=C1C(=O)CC2C3CC=C4[C@H]5O[Se](=O)O[C@H]5CC[C@]4(C)C3CC[C@]12C. The second kappa shape index (κ2) is 5.70. The first-order valence-corrected chi connectivity index (χ1v) is 12.1. The van der Waals surface area contributed by atoms with E-state index in [4.69, 9.17) is 7.64 Å². The van der Waals surface area contributed by atoms with Gasteiger partial charge in [-0.15, -0.1) is 0 Å². The molecule has 0 N–H and O–H groups in total. The summed E-state index contributed by atoms with van der Waals surface area (Å²) < 4.78 is 23.2. The van der Waals surface area contributed by atoms with E-state index in [1.54, 1.807) is 0 Å². The van der Waals surface area contributed by atoms with Crippen LogP contribution in [-0.4, -0.2) is 32.5 Å². The van der Waals surface area contributed by atoms with Crippen molar-refractivity contribution in [1.82, 2.24) is 0 Å². The first-order valence-electron chi connectivity index (χ1n) is 10.0. The molecule has 0 amide bonds. The Bertz CT molecular complexity index is 755. The number of hydrogen-bond acceptors (Lipinski definition) is 4. The summed E-state index contributed by atoms with van der Waals surface area (Å²) in [6.45, 7) is 6.74. The van der Waals surface area contributed by atoms with E-state index >= 15 is 0 Å². The van der Waals surface area contributed by atoms with Gasteiger partial charge in [0.05, 0.1) is 0 Å². The van der Waals surface area contributed by atoms with Crippen LogP contribution < -0.4 is 0 Å². The van der Waals surface area contributed by atoms with E-state index in [1.807, 2.05) is 6.92 Å². The van der Waals surface area contributed by atoms with Gasteiger partial charge in [0, 0.05) is 0 Å². The van der Waals surface area contributed by atoms with Gasteiger partial charge in [0.25, 0.3) is 0 Å². The summed E-state index contributed by atoms with van der Waals surface area (Å²) in [4.78, 5) is 12.6. The maximum absolute atomic E-state index is 12.6. The zero-order chi connectivity index (χ0) is 18.3. The number of allylic oxidation sites excluding steroid dienone is 3. The van der Waals surface area contributed by atoms with Crippen LogP contribution in [0, 0.1) is 28.6 Å². The van der Waals surface area contributed by atoms with Gasteiger partial charge in [0.15, 0.2) is 0 Å². The molecule has 0 aromatic rings. The molecule has 0 spiro atoms. The molecule has 0 bridgehead atoms. The van der Waals surface area contributed by atoms with Crippen molar-refractivity contribution in [2.24, 2.45) is 28.6 Å². The summed E-state index contributed by atoms with van der Waals surface area (Å²) in [6, 6.07) is 0. The van der Waals surface area contributed by atoms with E-state index in [0.717, 1.165) is 37.7 Å². The molecule has 1 heterocycles. The van der Waals surface area contributed by atoms with Gasteiger partial charge in [0.2, 0.25) is 0 Å². The molecule has 4 unspecified atom stereocenters. The van der Waals surface area contributed by atoms with E-state index in [-0.39, 0.29) is 23.0 Å². The van der Waals surface area contributed by atoms with Gasteiger partial charge in [-0.2, -0.15) is 0 Å². The van der Waals surface area contributed by atoms with Crippen molar-refractivity contribution in [3.63, 3.8) is 0 Å². The number of carbonyl (C=O) groups is 1. The Balaban J connectivity index is 1.53. The molecule has 0 radical (unpaired) electrons. The number of Topliss-reactive ketones (excluding diaryl/α,β-unsaturated/α-hetero) is 1.